The minimum absolute atomic E-state index is 0.0263. The third kappa shape index (κ3) is 7.09. The number of likely N-dealkylation sites (N-methyl/N-ethyl adjacent to an activating group) is 1. The quantitative estimate of drug-likeness (QED) is 0.597. The maximum absolute atomic E-state index is 12.9. The Labute approximate surface area is 135 Å². The Kier molecular flexibility index (Phi) is 7.64. The van der Waals surface area contributed by atoms with E-state index in [1.165, 1.54) is 4.90 Å². The number of guanidine groups is 1. The Bertz CT molecular complexity index is 410. The summed E-state index contributed by atoms with van der Waals surface area (Å²) in [5.41, 5.74) is 0. The Morgan fingerprint density at radius 1 is 1.30 bits per heavy atom. The molecule has 2 N–H and O–H groups in total. The number of hydrogen-bond donors (Lipinski definition) is 2. The zero-order chi connectivity index (χ0) is 17.5. The van der Waals surface area contributed by atoms with Gasteiger partial charge in [0.1, 0.15) is 6.54 Å². The molecule has 0 bridgehead atoms. The van der Waals surface area contributed by atoms with Gasteiger partial charge in [-0.3, -0.25) is 4.79 Å². The Hall–Kier alpha value is -1.47. The summed E-state index contributed by atoms with van der Waals surface area (Å²) in [6, 6.07) is -0.270. The third-order valence-electron chi connectivity index (χ3n) is 3.89. The van der Waals surface area contributed by atoms with Crippen molar-refractivity contribution in [1.29, 1.82) is 0 Å². The molecule has 1 aliphatic carbocycles. The molecule has 1 aliphatic rings. The molecule has 8 heteroatoms. The first kappa shape index (κ1) is 19.6. The second-order valence-electron chi connectivity index (χ2n) is 6.13. The van der Waals surface area contributed by atoms with Crippen LogP contribution < -0.4 is 10.6 Å². The standard InChI is InChI=1S/C15H27F3N4O/c1-4-8-19-14(20-10-13(23)22(2)3)21-12-7-5-6-11(9-12)15(16,17)18/h11-12H,4-10H2,1-3H3,(H2,19,20,21). The first-order valence-corrected chi connectivity index (χ1v) is 8.05. The van der Waals surface area contributed by atoms with Crippen LogP contribution in [0.5, 0.6) is 0 Å². The van der Waals surface area contributed by atoms with Crippen molar-refractivity contribution >= 4 is 11.9 Å². The van der Waals surface area contributed by atoms with Crippen molar-refractivity contribution in [1.82, 2.24) is 15.5 Å². The smallest absolute Gasteiger partial charge is 0.356 e. The second kappa shape index (κ2) is 8.98. The van der Waals surface area contributed by atoms with Crippen LogP contribution in [0.15, 0.2) is 4.99 Å². The normalized spacial score (nSPS) is 22.6. The van der Waals surface area contributed by atoms with Crippen LogP contribution in [0.4, 0.5) is 13.2 Å². The van der Waals surface area contributed by atoms with Crippen molar-refractivity contribution in [3.8, 4) is 0 Å². The molecular formula is C15H27F3N4O. The highest BCUT2D eigenvalue weighted by atomic mass is 19.4. The number of carbonyl (C=O) groups is 1. The second-order valence-corrected chi connectivity index (χ2v) is 6.13. The summed E-state index contributed by atoms with van der Waals surface area (Å²) in [6.07, 6.45) is -1.82. The van der Waals surface area contributed by atoms with Gasteiger partial charge in [-0.05, 0) is 25.7 Å². The molecule has 134 valence electrons. The number of alkyl halides is 3. The van der Waals surface area contributed by atoms with E-state index in [1.807, 2.05) is 6.92 Å². The number of carbonyl (C=O) groups excluding carboxylic acids is 1. The van der Waals surface area contributed by atoms with Crippen LogP contribution >= 0.6 is 0 Å². The minimum Gasteiger partial charge on any atom is -0.356 e. The van der Waals surface area contributed by atoms with E-state index in [0.717, 1.165) is 6.42 Å². The summed E-state index contributed by atoms with van der Waals surface area (Å²) >= 11 is 0. The molecule has 1 saturated carbocycles. The Balaban J connectivity index is 2.65. The van der Waals surface area contributed by atoms with Gasteiger partial charge >= 0.3 is 6.18 Å². The molecule has 2 atom stereocenters. The van der Waals surface area contributed by atoms with Gasteiger partial charge in [0.25, 0.3) is 0 Å². The maximum Gasteiger partial charge on any atom is 0.391 e. The SMILES string of the molecule is CCCNC(=NCC(=O)N(C)C)NC1CCCC(C(F)(F)F)C1. The van der Waals surface area contributed by atoms with Crippen LogP contribution in [0.25, 0.3) is 0 Å². The van der Waals surface area contributed by atoms with E-state index in [4.69, 9.17) is 0 Å². The molecule has 23 heavy (non-hydrogen) atoms. The fourth-order valence-electron chi connectivity index (χ4n) is 2.50. The number of nitrogens with one attached hydrogen (secondary N) is 2. The van der Waals surface area contributed by atoms with E-state index in [-0.39, 0.29) is 31.3 Å². The molecule has 2 unspecified atom stereocenters. The maximum atomic E-state index is 12.9. The van der Waals surface area contributed by atoms with Gasteiger partial charge in [0.2, 0.25) is 5.91 Å². The lowest BCUT2D eigenvalue weighted by Crippen LogP contribution is -2.47. The Morgan fingerprint density at radius 2 is 2.00 bits per heavy atom. The minimum atomic E-state index is -4.14. The van der Waals surface area contributed by atoms with Gasteiger partial charge in [-0.15, -0.1) is 0 Å². The number of rotatable bonds is 5. The van der Waals surface area contributed by atoms with Crippen LogP contribution in [0.3, 0.4) is 0 Å². The fourth-order valence-corrected chi connectivity index (χ4v) is 2.50. The van der Waals surface area contributed by atoms with E-state index >= 15 is 0 Å². The van der Waals surface area contributed by atoms with Gasteiger partial charge in [0.15, 0.2) is 5.96 Å². The molecule has 1 rings (SSSR count). The lowest BCUT2D eigenvalue weighted by molar-refractivity contribution is -0.183. The van der Waals surface area contributed by atoms with E-state index in [0.29, 0.717) is 25.3 Å². The van der Waals surface area contributed by atoms with Crippen molar-refractivity contribution in [2.75, 3.05) is 27.2 Å². The van der Waals surface area contributed by atoms with Crippen LogP contribution in [-0.4, -0.2) is 56.2 Å². The largest absolute Gasteiger partial charge is 0.391 e. The van der Waals surface area contributed by atoms with Gasteiger partial charge in [-0.1, -0.05) is 13.3 Å². The van der Waals surface area contributed by atoms with Crippen molar-refractivity contribution in [3.05, 3.63) is 0 Å². The van der Waals surface area contributed by atoms with Crippen molar-refractivity contribution < 1.29 is 18.0 Å². The molecule has 0 aromatic carbocycles. The van der Waals surface area contributed by atoms with Crippen LogP contribution in [0.1, 0.15) is 39.0 Å². The monoisotopic (exact) mass is 336 g/mol. The Morgan fingerprint density at radius 3 is 2.57 bits per heavy atom. The molecule has 0 aromatic heterocycles. The van der Waals surface area contributed by atoms with Crippen molar-refractivity contribution in [3.63, 3.8) is 0 Å². The lowest BCUT2D eigenvalue weighted by Gasteiger charge is -2.32. The molecular weight excluding hydrogens is 309 g/mol. The zero-order valence-corrected chi connectivity index (χ0v) is 14.0. The first-order valence-electron chi connectivity index (χ1n) is 8.05. The van der Waals surface area contributed by atoms with E-state index in [2.05, 4.69) is 15.6 Å². The van der Waals surface area contributed by atoms with Crippen LogP contribution in [0, 0.1) is 5.92 Å². The van der Waals surface area contributed by atoms with Gasteiger partial charge in [0, 0.05) is 26.7 Å². The number of hydrogen-bond acceptors (Lipinski definition) is 2. The summed E-state index contributed by atoms with van der Waals surface area (Å²) < 4.78 is 38.6. The van der Waals surface area contributed by atoms with E-state index in [1.54, 1.807) is 14.1 Å². The van der Waals surface area contributed by atoms with Crippen molar-refractivity contribution in [2.24, 2.45) is 10.9 Å². The summed E-state index contributed by atoms with van der Waals surface area (Å²) in [4.78, 5) is 17.2. The summed E-state index contributed by atoms with van der Waals surface area (Å²) in [5, 5.41) is 6.11. The average Bonchev–Trinajstić information content (AvgIpc) is 2.48. The van der Waals surface area contributed by atoms with Gasteiger partial charge in [-0.2, -0.15) is 13.2 Å². The first-order chi connectivity index (χ1) is 10.7. The van der Waals surface area contributed by atoms with Crippen LogP contribution in [0.2, 0.25) is 0 Å². The fraction of sp³-hybridized carbons (Fsp3) is 0.867. The highest BCUT2D eigenvalue weighted by molar-refractivity contribution is 5.84. The zero-order valence-electron chi connectivity index (χ0n) is 14.0. The highest BCUT2D eigenvalue weighted by Crippen LogP contribution is 2.37. The molecule has 0 saturated heterocycles. The van der Waals surface area contributed by atoms with E-state index < -0.39 is 12.1 Å². The van der Waals surface area contributed by atoms with Gasteiger partial charge < -0.3 is 15.5 Å². The molecule has 1 amide bonds. The number of amides is 1. The molecule has 0 radical (unpaired) electrons. The topological polar surface area (TPSA) is 56.7 Å². The summed E-state index contributed by atoms with van der Waals surface area (Å²) in [6.45, 7) is 2.61. The van der Waals surface area contributed by atoms with Gasteiger partial charge in [0.05, 0.1) is 5.92 Å². The molecule has 0 aromatic rings. The highest BCUT2D eigenvalue weighted by Gasteiger charge is 2.42. The van der Waals surface area contributed by atoms with Gasteiger partial charge in [-0.25, -0.2) is 4.99 Å². The molecule has 0 heterocycles. The number of nitrogens with zero attached hydrogens (tertiary/aromatic N) is 2. The predicted octanol–water partition coefficient (Wildman–Crippen LogP) is 2.14. The molecule has 0 aliphatic heterocycles. The van der Waals surface area contributed by atoms with E-state index in [9.17, 15) is 18.0 Å². The summed E-state index contributed by atoms with van der Waals surface area (Å²) in [5.74, 6) is -1.00. The lowest BCUT2D eigenvalue weighted by atomic mass is 9.85. The molecule has 5 nitrogen and oxygen atoms in total. The third-order valence-corrected chi connectivity index (χ3v) is 3.89. The molecule has 1 fully saturated rings. The van der Waals surface area contributed by atoms with Crippen LogP contribution in [-0.2, 0) is 4.79 Å². The summed E-state index contributed by atoms with van der Waals surface area (Å²) in [7, 11) is 3.28. The molecule has 0 spiro atoms. The average molecular weight is 336 g/mol. The predicted molar refractivity (Wildman–Crippen MR) is 84.2 cm³/mol. The number of halogens is 3. The number of aliphatic imine (C=N–C) groups is 1. The van der Waals surface area contributed by atoms with Crippen molar-refractivity contribution in [2.45, 2.75) is 51.2 Å².